The molecular formula is C11H20O2. The van der Waals surface area contributed by atoms with Gasteiger partial charge in [0.1, 0.15) is 0 Å². The smallest absolute Gasteiger partial charge is 0.169 e. The summed E-state index contributed by atoms with van der Waals surface area (Å²) in [6, 6.07) is 0. The third-order valence-corrected chi connectivity index (χ3v) is 3.18. The van der Waals surface area contributed by atoms with Crippen LogP contribution in [0.4, 0.5) is 0 Å². The minimum Gasteiger partial charge on any atom is -0.347 e. The van der Waals surface area contributed by atoms with Gasteiger partial charge in [0, 0.05) is 12.8 Å². The Morgan fingerprint density at radius 2 is 1.62 bits per heavy atom. The van der Waals surface area contributed by atoms with Crippen LogP contribution in [0.3, 0.4) is 0 Å². The topological polar surface area (TPSA) is 18.5 Å². The molecule has 0 aromatic rings. The first kappa shape index (κ1) is 9.47. The molecule has 2 heterocycles. The van der Waals surface area contributed by atoms with Crippen LogP contribution in [-0.4, -0.2) is 18.0 Å². The molecule has 13 heavy (non-hydrogen) atoms. The van der Waals surface area contributed by atoms with E-state index in [-0.39, 0.29) is 5.79 Å². The van der Waals surface area contributed by atoms with Crippen LogP contribution in [0.1, 0.15) is 52.4 Å². The molecule has 2 heteroatoms. The van der Waals surface area contributed by atoms with Crippen molar-refractivity contribution in [3.8, 4) is 0 Å². The Bertz CT molecular complexity index is 181. The van der Waals surface area contributed by atoms with Crippen molar-refractivity contribution < 1.29 is 9.47 Å². The van der Waals surface area contributed by atoms with Crippen molar-refractivity contribution in [2.45, 2.75) is 70.4 Å². The molecule has 2 aliphatic heterocycles. The fourth-order valence-corrected chi connectivity index (χ4v) is 2.49. The highest BCUT2D eigenvalue weighted by atomic mass is 16.7. The molecule has 2 aliphatic rings. The molecule has 0 radical (unpaired) electrons. The normalized spacial score (nSPS) is 46.6. The summed E-state index contributed by atoms with van der Waals surface area (Å²) in [7, 11) is 0. The van der Waals surface area contributed by atoms with Gasteiger partial charge < -0.3 is 9.47 Å². The Hall–Kier alpha value is -0.0800. The molecule has 0 bridgehead atoms. The Morgan fingerprint density at radius 1 is 0.923 bits per heavy atom. The summed E-state index contributed by atoms with van der Waals surface area (Å²) < 4.78 is 11.9. The van der Waals surface area contributed by atoms with Crippen LogP contribution in [0, 0.1) is 0 Å². The lowest BCUT2D eigenvalue weighted by molar-refractivity contribution is -0.242. The van der Waals surface area contributed by atoms with Crippen LogP contribution in [0.5, 0.6) is 0 Å². The van der Waals surface area contributed by atoms with Crippen LogP contribution in [0.15, 0.2) is 0 Å². The van der Waals surface area contributed by atoms with E-state index in [0.717, 1.165) is 19.3 Å². The predicted octanol–water partition coefficient (Wildman–Crippen LogP) is 2.86. The quantitative estimate of drug-likeness (QED) is 0.576. The highest BCUT2D eigenvalue weighted by Crippen LogP contribution is 2.39. The van der Waals surface area contributed by atoms with Crippen molar-refractivity contribution >= 4 is 0 Å². The van der Waals surface area contributed by atoms with Gasteiger partial charge in [0.05, 0.1) is 12.2 Å². The average molecular weight is 184 g/mol. The lowest BCUT2D eigenvalue weighted by atomic mass is 10.1. The summed E-state index contributed by atoms with van der Waals surface area (Å²) in [5.41, 5.74) is 0. The first-order valence-corrected chi connectivity index (χ1v) is 5.56. The molecule has 2 nitrogen and oxygen atoms in total. The molecule has 3 atom stereocenters. The van der Waals surface area contributed by atoms with Crippen LogP contribution >= 0.6 is 0 Å². The summed E-state index contributed by atoms with van der Waals surface area (Å²) in [5.74, 6) is -0.199. The number of ether oxygens (including phenoxy) is 2. The van der Waals surface area contributed by atoms with Gasteiger partial charge in [-0.15, -0.1) is 0 Å². The maximum atomic E-state index is 6.01. The third-order valence-electron chi connectivity index (χ3n) is 3.18. The highest BCUT2D eigenvalue weighted by molar-refractivity contribution is 4.82. The minimum atomic E-state index is -0.199. The van der Waals surface area contributed by atoms with Gasteiger partial charge in [0.15, 0.2) is 5.79 Å². The number of hydrogen-bond acceptors (Lipinski definition) is 2. The van der Waals surface area contributed by atoms with E-state index in [1.54, 1.807) is 0 Å². The van der Waals surface area contributed by atoms with E-state index in [2.05, 4.69) is 13.8 Å². The largest absolute Gasteiger partial charge is 0.347 e. The second-order valence-electron chi connectivity index (χ2n) is 4.55. The van der Waals surface area contributed by atoms with Gasteiger partial charge in [-0.2, -0.15) is 0 Å². The minimum absolute atomic E-state index is 0.199. The molecule has 2 rings (SSSR count). The van der Waals surface area contributed by atoms with E-state index in [0.29, 0.717) is 12.2 Å². The zero-order valence-corrected chi connectivity index (χ0v) is 8.71. The van der Waals surface area contributed by atoms with Gasteiger partial charge in [-0.25, -0.2) is 0 Å². The van der Waals surface area contributed by atoms with Crippen molar-refractivity contribution in [2.75, 3.05) is 0 Å². The summed E-state index contributed by atoms with van der Waals surface area (Å²) in [4.78, 5) is 0. The average Bonchev–Trinajstić information content (AvgIpc) is 2.30. The molecule has 0 N–H and O–H groups in total. The van der Waals surface area contributed by atoms with E-state index in [9.17, 15) is 0 Å². The van der Waals surface area contributed by atoms with Gasteiger partial charge in [-0.05, 0) is 33.1 Å². The van der Waals surface area contributed by atoms with E-state index in [4.69, 9.17) is 9.47 Å². The summed E-state index contributed by atoms with van der Waals surface area (Å²) in [6.45, 7) is 4.31. The molecular weight excluding hydrogens is 164 g/mol. The van der Waals surface area contributed by atoms with Crippen LogP contribution in [0.25, 0.3) is 0 Å². The molecule has 76 valence electrons. The van der Waals surface area contributed by atoms with Crippen LogP contribution in [0.2, 0.25) is 0 Å². The Labute approximate surface area is 80.6 Å². The molecule has 0 amide bonds. The molecule has 0 unspecified atom stereocenters. The lowest BCUT2D eigenvalue weighted by Gasteiger charge is -2.30. The van der Waals surface area contributed by atoms with E-state index < -0.39 is 0 Å². The number of rotatable bonds is 0. The van der Waals surface area contributed by atoms with Crippen LogP contribution < -0.4 is 0 Å². The fourth-order valence-electron chi connectivity index (χ4n) is 2.49. The standard InChI is InChI=1S/C11H20O2/c1-9-5-3-4-7-11(12-9)8-6-10(2)13-11/h9-10H,3-8H2,1-2H3/t9-,10+,11-/m1/s1. The molecule has 0 aromatic carbocycles. The van der Waals surface area contributed by atoms with Crippen molar-refractivity contribution in [3.05, 3.63) is 0 Å². The van der Waals surface area contributed by atoms with Gasteiger partial charge >= 0.3 is 0 Å². The van der Waals surface area contributed by atoms with Gasteiger partial charge in [0.2, 0.25) is 0 Å². The highest BCUT2D eigenvalue weighted by Gasteiger charge is 2.41. The second kappa shape index (κ2) is 3.58. The summed E-state index contributed by atoms with van der Waals surface area (Å²) in [6.07, 6.45) is 7.88. The maximum Gasteiger partial charge on any atom is 0.169 e. The Kier molecular flexibility index (Phi) is 2.61. The zero-order valence-electron chi connectivity index (χ0n) is 8.71. The first-order chi connectivity index (χ1) is 6.20. The summed E-state index contributed by atoms with van der Waals surface area (Å²) in [5, 5.41) is 0. The molecule has 0 saturated carbocycles. The van der Waals surface area contributed by atoms with Crippen molar-refractivity contribution in [1.29, 1.82) is 0 Å². The van der Waals surface area contributed by atoms with Crippen LogP contribution in [-0.2, 0) is 9.47 Å². The molecule has 2 fully saturated rings. The van der Waals surface area contributed by atoms with Gasteiger partial charge in [0.25, 0.3) is 0 Å². The van der Waals surface area contributed by atoms with Crippen molar-refractivity contribution in [3.63, 3.8) is 0 Å². The molecule has 2 saturated heterocycles. The van der Waals surface area contributed by atoms with Gasteiger partial charge in [-0.1, -0.05) is 6.42 Å². The predicted molar refractivity (Wildman–Crippen MR) is 51.5 cm³/mol. The summed E-state index contributed by atoms with van der Waals surface area (Å²) >= 11 is 0. The van der Waals surface area contributed by atoms with Crippen molar-refractivity contribution in [2.24, 2.45) is 0 Å². The second-order valence-corrected chi connectivity index (χ2v) is 4.55. The zero-order chi connectivity index (χ0) is 9.31. The molecule has 0 aliphatic carbocycles. The van der Waals surface area contributed by atoms with Crippen molar-refractivity contribution in [1.82, 2.24) is 0 Å². The Morgan fingerprint density at radius 3 is 2.31 bits per heavy atom. The first-order valence-electron chi connectivity index (χ1n) is 5.56. The lowest BCUT2D eigenvalue weighted by Crippen LogP contribution is -2.34. The van der Waals surface area contributed by atoms with E-state index in [1.165, 1.54) is 19.3 Å². The fraction of sp³-hybridized carbons (Fsp3) is 1.00. The monoisotopic (exact) mass is 184 g/mol. The third kappa shape index (κ3) is 2.05. The molecule has 0 aromatic heterocycles. The molecule has 1 spiro atoms. The Balaban J connectivity index is 2.03. The SMILES string of the molecule is C[C@@H]1CCCC[C@@]2(CC[C@H](C)O2)O1. The maximum absolute atomic E-state index is 6.01. The van der Waals surface area contributed by atoms with Gasteiger partial charge in [-0.3, -0.25) is 0 Å². The van der Waals surface area contributed by atoms with E-state index >= 15 is 0 Å². The van der Waals surface area contributed by atoms with E-state index in [1.807, 2.05) is 0 Å². The number of hydrogen-bond donors (Lipinski definition) is 0.